The summed E-state index contributed by atoms with van der Waals surface area (Å²) in [6.07, 6.45) is 1.01. The van der Waals surface area contributed by atoms with E-state index in [1.807, 2.05) is 13.8 Å². The van der Waals surface area contributed by atoms with Crippen molar-refractivity contribution >= 4 is 10.2 Å². The van der Waals surface area contributed by atoms with Crippen molar-refractivity contribution in [3.05, 3.63) is 0 Å². The molecule has 0 aromatic rings. The molecule has 0 saturated carbocycles. The van der Waals surface area contributed by atoms with E-state index >= 15 is 0 Å². The van der Waals surface area contributed by atoms with Crippen LogP contribution in [0.15, 0.2) is 0 Å². The molecule has 1 unspecified atom stereocenters. The van der Waals surface area contributed by atoms with Gasteiger partial charge in [0.25, 0.3) is 10.2 Å². The molecule has 1 atom stereocenters. The highest BCUT2D eigenvalue weighted by molar-refractivity contribution is 7.86. The minimum absolute atomic E-state index is 0.0181. The molecule has 1 saturated heterocycles. The normalized spacial score (nSPS) is 21.2. The lowest BCUT2D eigenvalue weighted by molar-refractivity contribution is 0.133. The molecule has 0 aliphatic carbocycles. The minimum atomic E-state index is -3.32. The Balaban J connectivity index is 2.63. The van der Waals surface area contributed by atoms with Gasteiger partial charge in [0.15, 0.2) is 0 Å². The van der Waals surface area contributed by atoms with E-state index in [9.17, 15) is 8.42 Å². The number of piperazine rings is 1. The van der Waals surface area contributed by atoms with Crippen molar-refractivity contribution in [3.63, 3.8) is 0 Å². The maximum Gasteiger partial charge on any atom is 0.282 e. The van der Waals surface area contributed by atoms with E-state index in [4.69, 9.17) is 5.73 Å². The second-order valence-corrected chi connectivity index (χ2v) is 7.34. The van der Waals surface area contributed by atoms with Crippen LogP contribution in [0.25, 0.3) is 0 Å². The summed E-state index contributed by atoms with van der Waals surface area (Å²) >= 11 is 0. The van der Waals surface area contributed by atoms with Crippen molar-refractivity contribution in [1.29, 1.82) is 0 Å². The molecule has 114 valence electrons. The highest BCUT2D eigenvalue weighted by atomic mass is 32.2. The standard InChI is InChI=1S/C12H28N4O2S/c1-5-12(10-13)15-6-8-16(9-7-15)19(17,18)14(4)11(2)3/h11-12H,5-10,13H2,1-4H3. The van der Waals surface area contributed by atoms with Gasteiger partial charge in [-0.05, 0) is 20.3 Å². The Morgan fingerprint density at radius 1 is 1.21 bits per heavy atom. The van der Waals surface area contributed by atoms with Crippen molar-refractivity contribution in [1.82, 2.24) is 13.5 Å². The Kier molecular flexibility index (Phi) is 6.19. The molecule has 1 rings (SSSR count). The maximum atomic E-state index is 12.4. The van der Waals surface area contributed by atoms with Gasteiger partial charge >= 0.3 is 0 Å². The monoisotopic (exact) mass is 292 g/mol. The van der Waals surface area contributed by atoms with Crippen molar-refractivity contribution in [2.75, 3.05) is 39.8 Å². The average Bonchev–Trinajstić information content (AvgIpc) is 2.39. The van der Waals surface area contributed by atoms with Crippen LogP contribution >= 0.6 is 0 Å². The van der Waals surface area contributed by atoms with E-state index < -0.39 is 10.2 Å². The molecule has 1 heterocycles. The first kappa shape index (κ1) is 16.8. The van der Waals surface area contributed by atoms with Crippen LogP contribution in [0.2, 0.25) is 0 Å². The molecule has 2 N–H and O–H groups in total. The molecule has 7 heteroatoms. The van der Waals surface area contributed by atoms with Crippen LogP contribution in [0.5, 0.6) is 0 Å². The number of rotatable bonds is 6. The zero-order valence-corrected chi connectivity index (χ0v) is 13.4. The van der Waals surface area contributed by atoms with Gasteiger partial charge in [0, 0.05) is 51.9 Å². The molecule has 0 aromatic carbocycles. The highest BCUT2D eigenvalue weighted by Gasteiger charge is 2.32. The lowest BCUT2D eigenvalue weighted by Gasteiger charge is -2.39. The fourth-order valence-electron chi connectivity index (χ4n) is 2.32. The van der Waals surface area contributed by atoms with E-state index in [2.05, 4.69) is 11.8 Å². The Morgan fingerprint density at radius 2 is 1.74 bits per heavy atom. The molecule has 1 aliphatic rings. The van der Waals surface area contributed by atoms with Crippen LogP contribution in [0.1, 0.15) is 27.2 Å². The zero-order chi connectivity index (χ0) is 14.6. The third kappa shape index (κ3) is 3.88. The van der Waals surface area contributed by atoms with Gasteiger partial charge in [-0.1, -0.05) is 6.92 Å². The van der Waals surface area contributed by atoms with Gasteiger partial charge in [-0.25, -0.2) is 0 Å². The molecule has 6 nitrogen and oxygen atoms in total. The molecule has 0 spiro atoms. The average molecular weight is 292 g/mol. The van der Waals surface area contributed by atoms with Gasteiger partial charge in [-0.15, -0.1) is 0 Å². The highest BCUT2D eigenvalue weighted by Crippen LogP contribution is 2.15. The summed E-state index contributed by atoms with van der Waals surface area (Å²) in [4.78, 5) is 2.29. The fraction of sp³-hybridized carbons (Fsp3) is 1.00. The van der Waals surface area contributed by atoms with Gasteiger partial charge in [0.2, 0.25) is 0 Å². The van der Waals surface area contributed by atoms with Crippen LogP contribution in [0.4, 0.5) is 0 Å². The number of nitrogens with two attached hydrogens (primary N) is 1. The van der Waals surface area contributed by atoms with E-state index in [1.54, 1.807) is 11.4 Å². The van der Waals surface area contributed by atoms with Crippen LogP contribution in [-0.2, 0) is 10.2 Å². The van der Waals surface area contributed by atoms with Crippen LogP contribution in [-0.4, -0.2) is 73.8 Å². The fourth-order valence-corrected chi connectivity index (χ4v) is 3.84. The van der Waals surface area contributed by atoms with Gasteiger partial charge in [0.05, 0.1) is 0 Å². The molecule has 0 aromatic heterocycles. The molecule has 1 aliphatic heterocycles. The third-order valence-electron chi connectivity index (χ3n) is 3.95. The second-order valence-electron chi connectivity index (χ2n) is 5.35. The Labute approximate surface area is 117 Å². The summed E-state index contributed by atoms with van der Waals surface area (Å²) in [6, 6.07) is 0.350. The first-order valence-corrected chi connectivity index (χ1v) is 8.41. The number of hydrogen-bond donors (Lipinski definition) is 1. The summed E-state index contributed by atoms with van der Waals surface area (Å²) < 4.78 is 27.7. The van der Waals surface area contributed by atoms with Crippen LogP contribution in [0, 0.1) is 0 Å². The van der Waals surface area contributed by atoms with E-state index in [0.717, 1.165) is 19.5 Å². The Morgan fingerprint density at radius 3 is 2.11 bits per heavy atom. The lowest BCUT2D eigenvalue weighted by atomic mass is 10.1. The predicted octanol–water partition coefficient (Wildman–Crippen LogP) is -0.0737. The first-order valence-electron chi connectivity index (χ1n) is 7.01. The summed E-state index contributed by atoms with van der Waals surface area (Å²) in [5.74, 6) is 0. The summed E-state index contributed by atoms with van der Waals surface area (Å²) in [6.45, 7) is 9.15. The van der Waals surface area contributed by atoms with Crippen molar-refractivity contribution in [2.24, 2.45) is 5.73 Å². The quantitative estimate of drug-likeness (QED) is 0.744. The Bertz CT molecular complexity index is 360. The third-order valence-corrected chi connectivity index (χ3v) is 6.12. The van der Waals surface area contributed by atoms with Crippen molar-refractivity contribution in [2.45, 2.75) is 39.3 Å². The number of nitrogens with zero attached hydrogens (tertiary/aromatic N) is 3. The molecule has 0 bridgehead atoms. The topological polar surface area (TPSA) is 69.9 Å². The summed E-state index contributed by atoms with van der Waals surface area (Å²) in [5, 5.41) is 0. The van der Waals surface area contributed by atoms with E-state index in [0.29, 0.717) is 25.7 Å². The SMILES string of the molecule is CCC(CN)N1CCN(S(=O)(=O)N(C)C(C)C)CC1. The van der Waals surface area contributed by atoms with Crippen molar-refractivity contribution < 1.29 is 8.42 Å². The number of hydrogen-bond acceptors (Lipinski definition) is 4. The van der Waals surface area contributed by atoms with Gasteiger partial charge < -0.3 is 5.73 Å². The predicted molar refractivity (Wildman–Crippen MR) is 78.1 cm³/mol. The summed E-state index contributed by atoms with van der Waals surface area (Å²) in [7, 11) is -1.68. The van der Waals surface area contributed by atoms with Gasteiger partial charge in [-0.2, -0.15) is 17.0 Å². The van der Waals surface area contributed by atoms with Crippen LogP contribution < -0.4 is 5.73 Å². The molecular formula is C12H28N4O2S. The molecule has 0 radical (unpaired) electrons. The molecule has 19 heavy (non-hydrogen) atoms. The Hall–Kier alpha value is -0.210. The zero-order valence-electron chi connectivity index (χ0n) is 12.5. The van der Waals surface area contributed by atoms with Crippen molar-refractivity contribution in [3.8, 4) is 0 Å². The van der Waals surface area contributed by atoms with Crippen LogP contribution in [0.3, 0.4) is 0 Å². The smallest absolute Gasteiger partial charge is 0.282 e. The van der Waals surface area contributed by atoms with Gasteiger partial charge in [0.1, 0.15) is 0 Å². The minimum Gasteiger partial charge on any atom is -0.329 e. The van der Waals surface area contributed by atoms with E-state index in [1.165, 1.54) is 4.31 Å². The molecule has 0 amide bonds. The lowest BCUT2D eigenvalue weighted by Crippen LogP contribution is -2.56. The van der Waals surface area contributed by atoms with E-state index in [-0.39, 0.29) is 6.04 Å². The maximum absolute atomic E-state index is 12.4. The largest absolute Gasteiger partial charge is 0.329 e. The second kappa shape index (κ2) is 6.99. The van der Waals surface area contributed by atoms with Gasteiger partial charge in [-0.3, -0.25) is 4.90 Å². The summed E-state index contributed by atoms with van der Waals surface area (Å²) in [5.41, 5.74) is 5.74. The first-order chi connectivity index (χ1) is 8.84. The molecular weight excluding hydrogens is 264 g/mol. The molecule has 1 fully saturated rings.